The van der Waals surface area contributed by atoms with Crippen molar-refractivity contribution in [3.8, 4) is 11.4 Å². The summed E-state index contributed by atoms with van der Waals surface area (Å²) in [7, 11) is 0. The summed E-state index contributed by atoms with van der Waals surface area (Å²) in [6.07, 6.45) is 5.65. The molecule has 0 saturated carbocycles. The van der Waals surface area contributed by atoms with Crippen molar-refractivity contribution in [2.24, 2.45) is 0 Å². The Bertz CT molecular complexity index is 3060. The van der Waals surface area contributed by atoms with E-state index in [-0.39, 0.29) is 0 Å². The zero-order valence-corrected chi connectivity index (χ0v) is 25.0. The van der Waals surface area contributed by atoms with Crippen molar-refractivity contribution in [1.82, 2.24) is 28.5 Å². The van der Waals surface area contributed by atoms with E-state index >= 15 is 0 Å². The molecule has 0 spiro atoms. The van der Waals surface area contributed by atoms with E-state index in [1.807, 2.05) is 18.5 Å². The Balaban J connectivity index is 1.43. The van der Waals surface area contributed by atoms with Crippen molar-refractivity contribution < 1.29 is 0 Å². The van der Waals surface area contributed by atoms with Gasteiger partial charge < -0.3 is 9.13 Å². The summed E-state index contributed by atoms with van der Waals surface area (Å²) in [6.45, 7) is 0. The van der Waals surface area contributed by atoms with E-state index < -0.39 is 0 Å². The zero-order chi connectivity index (χ0) is 30.6. The first-order chi connectivity index (χ1) is 23.4. The maximum Gasteiger partial charge on any atom is 0.178 e. The Hall–Kier alpha value is -6.53. The molecule has 0 aliphatic heterocycles. The molecule has 6 nitrogen and oxygen atoms in total. The van der Waals surface area contributed by atoms with E-state index in [0.717, 1.165) is 55.4 Å². The normalized spacial score (nSPS) is 12.3. The molecule has 0 fully saturated rings. The molecule has 11 aromatic rings. The number of para-hydroxylation sites is 3. The average molecular weight is 601 g/mol. The number of pyridine rings is 3. The maximum absolute atomic E-state index is 5.10. The molecule has 0 saturated heterocycles. The lowest BCUT2D eigenvalue weighted by atomic mass is 10.0. The van der Waals surface area contributed by atoms with Gasteiger partial charge in [-0.15, -0.1) is 0 Å². The molecule has 0 amide bonds. The summed E-state index contributed by atoms with van der Waals surface area (Å²) in [5, 5.41) is 8.29. The Kier molecular flexibility index (Phi) is 4.75. The highest BCUT2D eigenvalue weighted by atomic mass is 15.1. The number of nitrogens with zero attached hydrogens (tertiary/aromatic N) is 6. The largest absolute Gasteiger partial charge is 0.309 e. The zero-order valence-electron chi connectivity index (χ0n) is 25.0. The fraction of sp³-hybridized carbons (Fsp3) is 0. The van der Waals surface area contributed by atoms with Gasteiger partial charge in [0.1, 0.15) is 5.65 Å². The Labute approximate surface area is 267 Å². The second-order valence-electron chi connectivity index (χ2n) is 12.1. The molecule has 0 bridgehead atoms. The van der Waals surface area contributed by atoms with Crippen LogP contribution in [-0.2, 0) is 0 Å². The van der Waals surface area contributed by atoms with E-state index in [9.17, 15) is 0 Å². The molecule has 218 valence electrons. The van der Waals surface area contributed by atoms with E-state index in [1.165, 1.54) is 38.1 Å². The number of aromatic nitrogens is 6. The molecule has 5 aromatic carbocycles. The van der Waals surface area contributed by atoms with Gasteiger partial charge in [0, 0.05) is 61.5 Å². The highest BCUT2D eigenvalue weighted by Gasteiger charge is 2.24. The summed E-state index contributed by atoms with van der Waals surface area (Å²) in [5.41, 5.74) is 10.6. The molecular formula is C41H24N6. The number of hydrogen-bond donors (Lipinski definition) is 0. The van der Waals surface area contributed by atoms with Crippen LogP contribution >= 0.6 is 0 Å². The van der Waals surface area contributed by atoms with Crippen LogP contribution < -0.4 is 0 Å². The first-order valence-electron chi connectivity index (χ1n) is 15.8. The number of rotatable bonds is 2. The molecule has 0 N–H and O–H groups in total. The minimum Gasteiger partial charge on any atom is -0.309 e. The maximum atomic E-state index is 5.10. The van der Waals surface area contributed by atoms with Crippen LogP contribution in [0.5, 0.6) is 0 Å². The second kappa shape index (κ2) is 9.02. The van der Waals surface area contributed by atoms with E-state index in [4.69, 9.17) is 4.98 Å². The second-order valence-corrected chi connectivity index (χ2v) is 12.1. The Morgan fingerprint density at radius 3 is 1.91 bits per heavy atom. The minimum absolute atomic E-state index is 0.726. The van der Waals surface area contributed by atoms with Gasteiger partial charge in [0.2, 0.25) is 0 Å². The molecular weight excluding hydrogens is 576 g/mol. The van der Waals surface area contributed by atoms with Gasteiger partial charge >= 0.3 is 0 Å². The number of imidazole rings is 1. The molecule has 0 atom stereocenters. The predicted octanol–water partition coefficient (Wildman–Crippen LogP) is 9.78. The molecule has 6 heterocycles. The van der Waals surface area contributed by atoms with Crippen LogP contribution in [0.2, 0.25) is 0 Å². The minimum atomic E-state index is 0.726. The molecule has 6 aromatic heterocycles. The summed E-state index contributed by atoms with van der Waals surface area (Å²) >= 11 is 0. The molecule has 0 aliphatic carbocycles. The van der Waals surface area contributed by atoms with Crippen LogP contribution in [-0.4, -0.2) is 28.5 Å². The molecule has 11 rings (SSSR count). The van der Waals surface area contributed by atoms with Gasteiger partial charge in [-0.25, -0.2) is 9.97 Å². The van der Waals surface area contributed by atoms with Gasteiger partial charge in [-0.1, -0.05) is 60.7 Å². The van der Waals surface area contributed by atoms with Crippen LogP contribution in [0.4, 0.5) is 0 Å². The van der Waals surface area contributed by atoms with Gasteiger partial charge in [-0.2, -0.15) is 0 Å². The van der Waals surface area contributed by atoms with Gasteiger partial charge in [-0.05, 0) is 66.7 Å². The fourth-order valence-electron chi connectivity index (χ4n) is 7.93. The summed E-state index contributed by atoms with van der Waals surface area (Å²) < 4.78 is 7.04. The molecule has 6 heteroatoms. The van der Waals surface area contributed by atoms with Gasteiger partial charge in [0.05, 0.1) is 39.3 Å². The molecule has 0 aliphatic rings. The highest BCUT2D eigenvalue weighted by Crippen LogP contribution is 2.46. The third-order valence-corrected chi connectivity index (χ3v) is 9.74. The van der Waals surface area contributed by atoms with Crippen molar-refractivity contribution in [2.45, 2.75) is 0 Å². The third kappa shape index (κ3) is 3.16. The van der Waals surface area contributed by atoms with Crippen molar-refractivity contribution in [3.05, 3.63) is 146 Å². The predicted molar refractivity (Wildman–Crippen MR) is 192 cm³/mol. The monoisotopic (exact) mass is 600 g/mol. The van der Waals surface area contributed by atoms with Crippen molar-refractivity contribution in [2.75, 3.05) is 0 Å². The highest BCUT2D eigenvalue weighted by molar-refractivity contribution is 6.34. The number of hydrogen-bond acceptors (Lipinski definition) is 3. The van der Waals surface area contributed by atoms with Crippen molar-refractivity contribution in [3.63, 3.8) is 0 Å². The lowest BCUT2D eigenvalue weighted by Crippen LogP contribution is -1.97. The van der Waals surface area contributed by atoms with E-state index in [2.05, 4.69) is 145 Å². The van der Waals surface area contributed by atoms with Crippen LogP contribution in [0.15, 0.2) is 146 Å². The Morgan fingerprint density at radius 2 is 1.09 bits per heavy atom. The smallest absolute Gasteiger partial charge is 0.178 e. The lowest BCUT2D eigenvalue weighted by molar-refractivity contribution is 1.17. The van der Waals surface area contributed by atoms with Crippen LogP contribution in [0.25, 0.3) is 93.5 Å². The Morgan fingerprint density at radius 1 is 0.426 bits per heavy atom. The van der Waals surface area contributed by atoms with Gasteiger partial charge in [-0.3, -0.25) is 9.38 Å². The van der Waals surface area contributed by atoms with Crippen LogP contribution in [0.3, 0.4) is 0 Å². The van der Waals surface area contributed by atoms with Crippen molar-refractivity contribution in [1.29, 1.82) is 0 Å². The summed E-state index contributed by atoms with van der Waals surface area (Å²) in [5.74, 6) is 0. The quantitative estimate of drug-likeness (QED) is 0.186. The van der Waals surface area contributed by atoms with Gasteiger partial charge in [0.25, 0.3) is 0 Å². The topological polar surface area (TPSA) is 52.9 Å². The summed E-state index contributed by atoms with van der Waals surface area (Å²) in [4.78, 5) is 14.3. The van der Waals surface area contributed by atoms with Crippen molar-refractivity contribution >= 4 is 82.1 Å². The van der Waals surface area contributed by atoms with E-state index in [1.54, 1.807) is 6.20 Å². The third-order valence-electron chi connectivity index (χ3n) is 9.74. The van der Waals surface area contributed by atoms with Gasteiger partial charge in [0.15, 0.2) is 5.65 Å². The lowest BCUT2D eigenvalue weighted by Gasteiger charge is -2.13. The SMILES string of the molecule is c1ccc(-n2c3ccccc3c3c4c5ccc6c(c7ccncc7n7c8cccnc8nc67)c5n(-c5ccccc5)c4ccc32)cc1. The standard InChI is InChI=1S/C41H24N6/c1-3-10-25(11-4-1)45-31-15-8-7-14-27(31)37-32(45)19-20-33-38(37)29-17-18-30-36(39(29)46(33)26-12-5-2-6-13-26)28-21-23-42-24-35(28)47-34-16-9-22-43-40(34)44-41(30)47/h1-24H. The van der Waals surface area contributed by atoms with Crippen LogP contribution in [0.1, 0.15) is 0 Å². The first kappa shape index (κ1) is 24.8. The molecule has 47 heavy (non-hydrogen) atoms. The van der Waals surface area contributed by atoms with E-state index in [0.29, 0.717) is 0 Å². The van der Waals surface area contributed by atoms with Crippen LogP contribution in [0, 0.1) is 0 Å². The number of fused-ring (bicyclic) bond motifs is 16. The number of benzene rings is 5. The first-order valence-corrected chi connectivity index (χ1v) is 15.8. The summed E-state index contributed by atoms with van der Waals surface area (Å²) in [6, 6.07) is 45.5. The molecule has 0 unspecified atom stereocenters. The molecule has 0 radical (unpaired) electrons. The average Bonchev–Trinajstić information content (AvgIpc) is 3.80. The fourth-order valence-corrected chi connectivity index (χ4v) is 7.93.